The second-order valence-electron chi connectivity index (χ2n) is 6.29. The van der Waals surface area contributed by atoms with Crippen LogP contribution in [-0.2, 0) is 19.1 Å². The number of thioether (sulfide) groups is 1. The number of nitrogens with one attached hydrogen (secondary N) is 2. The van der Waals surface area contributed by atoms with Gasteiger partial charge in [0.1, 0.15) is 23.3 Å². The lowest BCUT2D eigenvalue weighted by Crippen LogP contribution is -2.43. The first kappa shape index (κ1) is 21.1. The summed E-state index contributed by atoms with van der Waals surface area (Å²) in [5.74, 6) is 0.723. The number of rotatable bonds is 9. The van der Waals surface area contributed by atoms with Crippen LogP contribution in [0.15, 0.2) is 53.7 Å². The Balaban J connectivity index is 2.06. The smallest absolute Gasteiger partial charge is 0.323 e. The standard InChI is InChI=1S/C20H26N2O4S/c1-4-10-26-20(24)17(14(2)3)21-13-16-18(27-12-11-25-16)19(23)22-15-8-6-5-7-9-15/h4-9,14,17,21H,1,10-13H2,2-3H3,(H,22,23)/t17-/m0/s1. The fourth-order valence-electron chi connectivity index (χ4n) is 2.51. The molecule has 0 fully saturated rings. The van der Waals surface area contributed by atoms with E-state index >= 15 is 0 Å². The summed E-state index contributed by atoms with van der Waals surface area (Å²) in [6.45, 7) is 8.38. The Bertz CT molecular complexity index is 688. The molecule has 146 valence electrons. The molecule has 27 heavy (non-hydrogen) atoms. The van der Waals surface area contributed by atoms with Gasteiger partial charge >= 0.3 is 5.97 Å². The van der Waals surface area contributed by atoms with E-state index in [9.17, 15) is 9.59 Å². The summed E-state index contributed by atoms with van der Waals surface area (Å²) in [6.07, 6.45) is 1.53. The average Bonchev–Trinajstić information content (AvgIpc) is 2.67. The van der Waals surface area contributed by atoms with Crippen LogP contribution in [-0.4, -0.2) is 43.4 Å². The number of ether oxygens (including phenoxy) is 2. The van der Waals surface area contributed by atoms with E-state index in [0.717, 1.165) is 5.69 Å². The Kier molecular flexibility index (Phi) is 8.42. The molecule has 0 bridgehead atoms. The van der Waals surface area contributed by atoms with Gasteiger partial charge in [0.05, 0.1) is 13.2 Å². The fraction of sp³-hybridized carbons (Fsp3) is 0.400. The number of para-hydroxylation sites is 1. The van der Waals surface area contributed by atoms with Gasteiger partial charge in [-0.1, -0.05) is 44.7 Å². The van der Waals surface area contributed by atoms with E-state index in [1.54, 1.807) is 0 Å². The first-order chi connectivity index (χ1) is 13.0. The zero-order valence-electron chi connectivity index (χ0n) is 15.7. The molecule has 2 N–H and O–H groups in total. The SMILES string of the molecule is C=CCOC(=O)[C@@H](NCC1=C(C(=O)Nc2ccccc2)SCCO1)C(C)C. The minimum atomic E-state index is -0.494. The molecule has 1 aliphatic heterocycles. The molecule has 0 aromatic heterocycles. The zero-order chi connectivity index (χ0) is 19.6. The van der Waals surface area contributed by atoms with Gasteiger partial charge in [-0.25, -0.2) is 0 Å². The molecule has 1 aliphatic rings. The van der Waals surface area contributed by atoms with Gasteiger partial charge in [-0.05, 0) is 18.1 Å². The van der Waals surface area contributed by atoms with Gasteiger partial charge in [-0.3, -0.25) is 14.9 Å². The molecule has 0 saturated carbocycles. The summed E-state index contributed by atoms with van der Waals surface area (Å²) in [6, 6.07) is 8.77. The van der Waals surface area contributed by atoms with E-state index in [4.69, 9.17) is 9.47 Å². The van der Waals surface area contributed by atoms with Crippen LogP contribution in [0.4, 0.5) is 5.69 Å². The maximum absolute atomic E-state index is 12.6. The minimum Gasteiger partial charge on any atom is -0.494 e. The van der Waals surface area contributed by atoms with Crippen molar-refractivity contribution in [1.29, 1.82) is 0 Å². The number of hydrogen-bond donors (Lipinski definition) is 2. The quantitative estimate of drug-likeness (QED) is 0.499. The third-order valence-corrected chi connectivity index (χ3v) is 4.92. The van der Waals surface area contributed by atoms with Crippen molar-refractivity contribution in [2.24, 2.45) is 5.92 Å². The second kappa shape index (κ2) is 10.8. The number of carbonyl (C=O) groups excluding carboxylic acids is 2. The third-order valence-electron chi connectivity index (χ3n) is 3.84. The van der Waals surface area contributed by atoms with E-state index in [1.807, 2.05) is 44.2 Å². The summed E-state index contributed by atoms with van der Waals surface area (Å²) >= 11 is 1.45. The van der Waals surface area contributed by atoms with E-state index in [1.165, 1.54) is 17.8 Å². The molecule has 1 atom stereocenters. The highest BCUT2D eigenvalue weighted by Crippen LogP contribution is 2.27. The van der Waals surface area contributed by atoms with Gasteiger partial charge in [0, 0.05) is 11.4 Å². The first-order valence-corrected chi connectivity index (χ1v) is 9.87. The molecule has 0 aliphatic carbocycles. The van der Waals surface area contributed by atoms with Crippen LogP contribution < -0.4 is 10.6 Å². The molecule has 0 unspecified atom stereocenters. The Morgan fingerprint density at radius 2 is 2.07 bits per heavy atom. The molecule has 0 radical (unpaired) electrons. The van der Waals surface area contributed by atoms with E-state index in [-0.39, 0.29) is 30.9 Å². The van der Waals surface area contributed by atoms with Gasteiger partial charge in [-0.2, -0.15) is 0 Å². The number of benzene rings is 1. The topological polar surface area (TPSA) is 76.7 Å². The van der Waals surface area contributed by atoms with Crippen molar-refractivity contribution in [3.8, 4) is 0 Å². The molecule has 1 amide bonds. The number of amides is 1. The normalized spacial score (nSPS) is 15.1. The lowest BCUT2D eigenvalue weighted by molar-refractivity contribution is -0.146. The number of esters is 1. The highest BCUT2D eigenvalue weighted by Gasteiger charge is 2.26. The van der Waals surface area contributed by atoms with E-state index in [0.29, 0.717) is 23.0 Å². The zero-order valence-corrected chi connectivity index (χ0v) is 16.5. The summed E-state index contributed by atoms with van der Waals surface area (Å²) < 4.78 is 10.9. The van der Waals surface area contributed by atoms with Gasteiger partial charge in [0.15, 0.2) is 0 Å². The van der Waals surface area contributed by atoms with Gasteiger partial charge in [0.2, 0.25) is 0 Å². The van der Waals surface area contributed by atoms with Crippen molar-refractivity contribution in [3.63, 3.8) is 0 Å². The van der Waals surface area contributed by atoms with Crippen LogP contribution in [0.25, 0.3) is 0 Å². The van der Waals surface area contributed by atoms with Crippen molar-refractivity contribution in [3.05, 3.63) is 53.7 Å². The molecular weight excluding hydrogens is 364 g/mol. The lowest BCUT2D eigenvalue weighted by atomic mass is 10.0. The van der Waals surface area contributed by atoms with Crippen molar-refractivity contribution in [2.45, 2.75) is 19.9 Å². The molecule has 7 heteroatoms. The largest absolute Gasteiger partial charge is 0.494 e. The maximum Gasteiger partial charge on any atom is 0.323 e. The molecule has 2 rings (SSSR count). The Hall–Kier alpha value is -2.25. The summed E-state index contributed by atoms with van der Waals surface area (Å²) in [7, 11) is 0. The number of anilines is 1. The van der Waals surface area contributed by atoms with E-state index in [2.05, 4.69) is 17.2 Å². The van der Waals surface area contributed by atoms with Crippen LogP contribution >= 0.6 is 11.8 Å². The van der Waals surface area contributed by atoms with Crippen LogP contribution in [0.5, 0.6) is 0 Å². The number of hydrogen-bond acceptors (Lipinski definition) is 6. The second-order valence-corrected chi connectivity index (χ2v) is 7.40. The Morgan fingerprint density at radius 1 is 1.33 bits per heavy atom. The summed E-state index contributed by atoms with van der Waals surface area (Å²) in [5, 5.41) is 6.04. The van der Waals surface area contributed by atoms with Gasteiger partial charge in [0.25, 0.3) is 5.91 Å². The van der Waals surface area contributed by atoms with Crippen LogP contribution in [0.1, 0.15) is 13.8 Å². The van der Waals surface area contributed by atoms with Gasteiger partial charge in [-0.15, -0.1) is 11.8 Å². The van der Waals surface area contributed by atoms with Crippen molar-refractivity contribution >= 4 is 29.3 Å². The molecule has 6 nitrogen and oxygen atoms in total. The molecule has 1 heterocycles. The lowest BCUT2D eigenvalue weighted by Gasteiger charge is -2.24. The summed E-state index contributed by atoms with van der Waals surface area (Å²) in [5.41, 5.74) is 0.724. The monoisotopic (exact) mass is 390 g/mol. The summed E-state index contributed by atoms with van der Waals surface area (Å²) in [4.78, 5) is 25.4. The molecule has 0 spiro atoms. The highest BCUT2D eigenvalue weighted by atomic mass is 32.2. The highest BCUT2D eigenvalue weighted by molar-refractivity contribution is 8.04. The average molecular weight is 391 g/mol. The molecule has 1 aromatic carbocycles. The molecular formula is C20H26N2O4S. The van der Waals surface area contributed by atoms with Crippen molar-refractivity contribution in [2.75, 3.05) is 30.8 Å². The predicted octanol–water partition coefficient (Wildman–Crippen LogP) is 2.94. The van der Waals surface area contributed by atoms with Crippen LogP contribution in [0, 0.1) is 5.92 Å². The molecule has 0 saturated heterocycles. The van der Waals surface area contributed by atoms with Gasteiger partial charge < -0.3 is 14.8 Å². The van der Waals surface area contributed by atoms with Crippen molar-refractivity contribution < 1.29 is 19.1 Å². The minimum absolute atomic E-state index is 0.0285. The van der Waals surface area contributed by atoms with E-state index < -0.39 is 6.04 Å². The molecule has 1 aromatic rings. The maximum atomic E-state index is 12.6. The van der Waals surface area contributed by atoms with Crippen molar-refractivity contribution in [1.82, 2.24) is 5.32 Å². The Labute approximate surface area is 164 Å². The van der Waals surface area contributed by atoms with Crippen LogP contribution in [0.2, 0.25) is 0 Å². The fourth-order valence-corrected chi connectivity index (χ4v) is 3.36. The first-order valence-electron chi connectivity index (χ1n) is 8.89. The Morgan fingerprint density at radius 3 is 2.74 bits per heavy atom. The van der Waals surface area contributed by atoms with Crippen LogP contribution in [0.3, 0.4) is 0 Å². The number of carbonyl (C=O) groups is 2. The predicted molar refractivity (Wildman–Crippen MR) is 108 cm³/mol. The third kappa shape index (κ3) is 6.45.